The second kappa shape index (κ2) is 7.06. The van der Waals surface area contributed by atoms with Gasteiger partial charge in [-0.25, -0.2) is 0 Å². The van der Waals surface area contributed by atoms with E-state index in [-0.39, 0.29) is 11.8 Å². The van der Waals surface area contributed by atoms with Crippen molar-refractivity contribution in [2.45, 2.75) is 26.2 Å². The fourth-order valence-electron chi connectivity index (χ4n) is 3.46. The lowest BCUT2D eigenvalue weighted by atomic mass is 9.78. The van der Waals surface area contributed by atoms with Crippen molar-refractivity contribution in [1.29, 1.82) is 0 Å². The normalized spacial score (nSPS) is 20.4. The first-order chi connectivity index (χ1) is 12.0. The molecule has 128 valence electrons. The third kappa shape index (κ3) is 3.41. The van der Waals surface area contributed by atoms with Gasteiger partial charge in [0.1, 0.15) is 0 Å². The minimum atomic E-state index is -0.514. The smallest absolute Gasteiger partial charge is 0.260 e. The first-order valence-electron chi connectivity index (χ1n) is 8.68. The lowest BCUT2D eigenvalue weighted by Gasteiger charge is -2.37. The number of hydrogen-bond donors (Lipinski definition) is 0. The molecule has 3 heteroatoms. The molecule has 0 aromatic heterocycles. The Morgan fingerprint density at radius 3 is 2.40 bits per heavy atom. The van der Waals surface area contributed by atoms with Gasteiger partial charge in [-0.3, -0.25) is 14.5 Å². The maximum atomic E-state index is 12.8. The van der Waals surface area contributed by atoms with Crippen molar-refractivity contribution in [3.63, 3.8) is 0 Å². The molecule has 2 amide bonds. The summed E-state index contributed by atoms with van der Waals surface area (Å²) in [6, 6.07) is 17.5. The van der Waals surface area contributed by atoms with E-state index in [0.29, 0.717) is 18.5 Å². The number of hydrogen-bond acceptors (Lipinski definition) is 2. The van der Waals surface area contributed by atoms with Gasteiger partial charge in [-0.15, -0.1) is 6.58 Å². The van der Waals surface area contributed by atoms with Gasteiger partial charge >= 0.3 is 0 Å². The Balaban J connectivity index is 1.81. The monoisotopic (exact) mass is 333 g/mol. The summed E-state index contributed by atoms with van der Waals surface area (Å²) in [7, 11) is 0. The van der Waals surface area contributed by atoms with Crippen molar-refractivity contribution in [2.75, 3.05) is 6.54 Å². The Kier molecular flexibility index (Phi) is 4.84. The first-order valence-corrected chi connectivity index (χ1v) is 8.68. The summed E-state index contributed by atoms with van der Waals surface area (Å²) < 4.78 is 0. The van der Waals surface area contributed by atoms with Crippen molar-refractivity contribution < 1.29 is 9.59 Å². The highest BCUT2D eigenvalue weighted by Gasteiger charge is 2.41. The molecule has 0 N–H and O–H groups in total. The Hall–Kier alpha value is -2.68. The number of likely N-dealkylation sites (tertiary alicyclic amines) is 1. The van der Waals surface area contributed by atoms with Crippen LogP contribution in [0.25, 0.3) is 11.1 Å². The van der Waals surface area contributed by atoms with Crippen LogP contribution in [-0.4, -0.2) is 23.3 Å². The van der Waals surface area contributed by atoms with Crippen LogP contribution in [0.1, 0.15) is 36.5 Å². The molecule has 2 aromatic carbocycles. The summed E-state index contributed by atoms with van der Waals surface area (Å²) in [5, 5.41) is 0. The Labute approximate surface area is 149 Å². The summed E-state index contributed by atoms with van der Waals surface area (Å²) in [6.07, 6.45) is 4.00. The minimum Gasteiger partial charge on any atom is -0.278 e. The average molecular weight is 333 g/mol. The number of carbonyl (C=O) groups excluding carboxylic acids is 2. The van der Waals surface area contributed by atoms with Gasteiger partial charge in [0.15, 0.2) is 0 Å². The van der Waals surface area contributed by atoms with Crippen molar-refractivity contribution in [3.05, 3.63) is 72.8 Å². The SMILES string of the molecule is C=CCC1(C)CCCN(C(=O)c2ccc(-c3ccccc3)cc2)C1=O. The van der Waals surface area contributed by atoms with Gasteiger partial charge in [-0.2, -0.15) is 0 Å². The predicted octanol–water partition coefficient (Wildman–Crippen LogP) is 4.70. The van der Waals surface area contributed by atoms with E-state index in [1.54, 1.807) is 18.2 Å². The third-order valence-electron chi connectivity index (χ3n) is 4.95. The number of imide groups is 1. The van der Waals surface area contributed by atoms with E-state index >= 15 is 0 Å². The van der Waals surface area contributed by atoms with Crippen LogP contribution in [0, 0.1) is 5.41 Å². The standard InChI is InChI=1S/C22H23NO2/c1-3-14-22(2)15-7-16-23(21(22)25)20(24)19-12-10-18(11-13-19)17-8-5-4-6-9-17/h3-6,8-13H,1,7,14-16H2,2H3. The summed E-state index contributed by atoms with van der Waals surface area (Å²) in [6.45, 7) is 6.16. The number of piperidine rings is 1. The third-order valence-corrected chi connectivity index (χ3v) is 4.95. The Morgan fingerprint density at radius 1 is 1.12 bits per heavy atom. The Bertz CT molecular complexity index is 779. The number of carbonyl (C=O) groups is 2. The number of amides is 2. The molecule has 0 spiro atoms. The molecule has 1 unspecified atom stereocenters. The molecule has 1 aliphatic rings. The topological polar surface area (TPSA) is 37.4 Å². The number of nitrogens with zero attached hydrogens (tertiary/aromatic N) is 1. The van der Waals surface area contributed by atoms with Crippen LogP contribution < -0.4 is 0 Å². The fraction of sp³-hybridized carbons (Fsp3) is 0.273. The van der Waals surface area contributed by atoms with Crippen LogP contribution in [0.5, 0.6) is 0 Å². The molecule has 1 aliphatic heterocycles. The highest BCUT2D eigenvalue weighted by atomic mass is 16.2. The maximum absolute atomic E-state index is 12.8. The largest absolute Gasteiger partial charge is 0.278 e. The minimum absolute atomic E-state index is 0.0872. The summed E-state index contributed by atoms with van der Waals surface area (Å²) in [5.41, 5.74) is 2.20. The summed E-state index contributed by atoms with van der Waals surface area (Å²) in [5.74, 6) is -0.296. The van der Waals surface area contributed by atoms with E-state index in [4.69, 9.17) is 0 Å². The van der Waals surface area contributed by atoms with Gasteiger partial charge < -0.3 is 0 Å². The van der Waals surface area contributed by atoms with Crippen LogP contribution in [0.15, 0.2) is 67.3 Å². The van der Waals surface area contributed by atoms with E-state index in [2.05, 4.69) is 6.58 Å². The van der Waals surface area contributed by atoms with Crippen molar-refractivity contribution in [2.24, 2.45) is 5.41 Å². The van der Waals surface area contributed by atoms with Crippen LogP contribution in [0.4, 0.5) is 0 Å². The zero-order chi connectivity index (χ0) is 17.9. The highest BCUT2D eigenvalue weighted by Crippen LogP contribution is 2.35. The average Bonchev–Trinajstić information content (AvgIpc) is 2.65. The van der Waals surface area contributed by atoms with E-state index in [1.807, 2.05) is 49.4 Å². The zero-order valence-electron chi connectivity index (χ0n) is 14.6. The Morgan fingerprint density at radius 2 is 1.76 bits per heavy atom. The fourth-order valence-corrected chi connectivity index (χ4v) is 3.46. The molecule has 2 aromatic rings. The van der Waals surface area contributed by atoms with Gasteiger partial charge in [0.05, 0.1) is 5.41 Å². The molecular weight excluding hydrogens is 310 g/mol. The molecule has 3 rings (SSSR count). The first kappa shape index (κ1) is 17.2. The van der Waals surface area contributed by atoms with Gasteiger partial charge in [0.2, 0.25) is 5.91 Å². The van der Waals surface area contributed by atoms with E-state index in [0.717, 1.165) is 24.0 Å². The molecule has 3 nitrogen and oxygen atoms in total. The van der Waals surface area contributed by atoms with Crippen molar-refractivity contribution >= 4 is 11.8 Å². The van der Waals surface area contributed by atoms with E-state index < -0.39 is 5.41 Å². The summed E-state index contributed by atoms with van der Waals surface area (Å²) >= 11 is 0. The van der Waals surface area contributed by atoms with Crippen LogP contribution in [0.2, 0.25) is 0 Å². The quantitative estimate of drug-likeness (QED) is 0.601. The molecular formula is C22H23NO2. The maximum Gasteiger partial charge on any atom is 0.260 e. The molecule has 0 radical (unpaired) electrons. The summed E-state index contributed by atoms with van der Waals surface area (Å²) in [4.78, 5) is 27.0. The number of rotatable bonds is 4. The lowest BCUT2D eigenvalue weighted by Crippen LogP contribution is -2.49. The second-order valence-electron chi connectivity index (χ2n) is 6.86. The van der Waals surface area contributed by atoms with Crippen LogP contribution in [0.3, 0.4) is 0 Å². The van der Waals surface area contributed by atoms with E-state index in [1.165, 1.54) is 4.90 Å². The van der Waals surface area contributed by atoms with Gasteiger partial charge in [0.25, 0.3) is 5.91 Å². The van der Waals surface area contributed by atoms with Gasteiger partial charge in [-0.1, -0.05) is 55.5 Å². The van der Waals surface area contributed by atoms with Gasteiger partial charge in [0, 0.05) is 12.1 Å². The molecule has 1 atom stereocenters. The van der Waals surface area contributed by atoms with Crippen LogP contribution >= 0.6 is 0 Å². The molecule has 0 saturated carbocycles. The second-order valence-corrected chi connectivity index (χ2v) is 6.86. The molecule has 0 bridgehead atoms. The van der Waals surface area contributed by atoms with Crippen LogP contribution in [-0.2, 0) is 4.79 Å². The zero-order valence-corrected chi connectivity index (χ0v) is 14.6. The molecule has 1 saturated heterocycles. The molecule has 25 heavy (non-hydrogen) atoms. The molecule has 1 fully saturated rings. The number of benzene rings is 2. The molecule has 0 aliphatic carbocycles. The highest BCUT2D eigenvalue weighted by molar-refractivity contribution is 6.06. The predicted molar refractivity (Wildman–Crippen MR) is 100 cm³/mol. The van der Waals surface area contributed by atoms with Crippen molar-refractivity contribution in [1.82, 2.24) is 4.90 Å². The van der Waals surface area contributed by atoms with Gasteiger partial charge in [-0.05, 0) is 42.5 Å². The van der Waals surface area contributed by atoms with E-state index in [9.17, 15) is 9.59 Å². The molecule has 1 heterocycles. The lowest BCUT2D eigenvalue weighted by molar-refractivity contribution is -0.141. The number of allylic oxidation sites excluding steroid dienone is 1. The van der Waals surface area contributed by atoms with Crippen molar-refractivity contribution in [3.8, 4) is 11.1 Å².